The second-order valence-electron chi connectivity index (χ2n) is 6.30. The largest absolute Gasteiger partial charge is 0.378 e. The molecule has 2 saturated heterocycles. The van der Waals surface area contributed by atoms with Gasteiger partial charge in [0, 0.05) is 51.7 Å². The maximum atomic E-state index is 9.05. The molecule has 8 heteroatoms. The molecule has 0 saturated carbocycles. The summed E-state index contributed by atoms with van der Waals surface area (Å²) in [5.41, 5.74) is 0.638. The molecule has 2 aliphatic heterocycles. The van der Waals surface area contributed by atoms with Crippen molar-refractivity contribution >= 4 is 17.6 Å². The topological polar surface area (TPSA) is 81.4 Å². The van der Waals surface area contributed by atoms with E-state index in [1.54, 1.807) is 12.3 Å². The Labute approximate surface area is 152 Å². The Balaban J connectivity index is 1.42. The Morgan fingerprint density at radius 2 is 1.54 bits per heavy atom. The van der Waals surface area contributed by atoms with Crippen LogP contribution in [0.15, 0.2) is 30.6 Å². The fraction of sp³-hybridized carbons (Fsp3) is 0.444. The number of morpholine rings is 1. The van der Waals surface area contributed by atoms with Gasteiger partial charge in [-0.2, -0.15) is 10.2 Å². The van der Waals surface area contributed by atoms with Crippen LogP contribution in [-0.4, -0.2) is 67.4 Å². The van der Waals surface area contributed by atoms with Gasteiger partial charge in [0.1, 0.15) is 11.6 Å². The molecule has 0 spiro atoms. The molecule has 26 heavy (non-hydrogen) atoms. The van der Waals surface area contributed by atoms with Gasteiger partial charge in [-0.25, -0.2) is 9.97 Å². The first-order chi connectivity index (χ1) is 12.8. The summed E-state index contributed by atoms with van der Waals surface area (Å²) in [6.45, 7) is 6.52. The van der Waals surface area contributed by atoms with Gasteiger partial charge in [0.2, 0.25) is 5.95 Å². The molecule has 134 valence electrons. The fourth-order valence-electron chi connectivity index (χ4n) is 3.26. The third-order valence-corrected chi connectivity index (χ3v) is 4.72. The zero-order chi connectivity index (χ0) is 17.8. The number of hydrogen-bond donors (Lipinski definition) is 0. The van der Waals surface area contributed by atoms with Gasteiger partial charge in [0.15, 0.2) is 0 Å². The monoisotopic (exact) mass is 351 g/mol. The van der Waals surface area contributed by atoms with Crippen molar-refractivity contribution in [2.75, 3.05) is 67.2 Å². The summed E-state index contributed by atoms with van der Waals surface area (Å²) in [5, 5.41) is 9.05. The second-order valence-corrected chi connectivity index (χ2v) is 6.30. The molecular weight excluding hydrogens is 330 g/mol. The van der Waals surface area contributed by atoms with E-state index in [-0.39, 0.29) is 0 Å². The van der Waals surface area contributed by atoms with Crippen LogP contribution in [0.1, 0.15) is 5.56 Å². The van der Waals surface area contributed by atoms with Crippen LogP contribution in [0.4, 0.5) is 17.6 Å². The highest BCUT2D eigenvalue weighted by molar-refractivity contribution is 5.48. The van der Waals surface area contributed by atoms with Crippen molar-refractivity contribution in [1.29, 1.82) is 5.26 Å². The van der Waals surface area contributed by atoms with Crippen LogP contribution in [0.3, 0.4) is 0 Å². The molecule has 0 aliphatic carbocycles. The van der Waals surface area contributed by atoms with Crippen molar-refractivity contribution in [2.45, 2.75) is 0 Å². The van der Waals surface area contributed by atoms with Gasteiger partial charge in [0.25, 0.3) is 0 Å². The first-order valence-electron chi connectivity index (χ1n) is 8.85. The van der Waals surface area contributed by atoms with E-state index in [1.165, 1.54) is 0 Å². The smallest absolute Gasteiger partial charge is 0.227 e. The lowest BCUT2D eigenvalue weighted by molar-refractivity contribution is 0.122. The van der Waals surface area contributed by atoms with Crippen LogP contribution in [0.5, 0.6) is 0 Å². The van der Waals surface area contributed by atoms with E-state index in [0.717, 1.165) is 70.1 Å². The number of rotatable bonds is 3. The van der Waals surface area contributed by atoms with E-state index in [2.05, 4.69) is 30.7 Å². The highest BCUT2D eigenvalue weighted by Gasteiger charge is 2.21. The summed E-state index contributed by atoms with van der Waals surface area (Å²) in [6, 6.07) is 7.69. The zero-order valence-electron chi connectivity index (χ0n) is 14.6. The van der Waals surface area contributed by atoms with Gasteiger partial charge in [-0.3, -0.25) is 0 Å². The Morgan fingerprint density at radius 1 is 0.846 bits per heavy atom. The average molecular weight is 351 g/mol. The highest BCUT2D eigenvalue weighted by Crippen LogP contribution is 2.20. The van der Waals surface area contributed by atoms with Crippen LogP contribution >= 0.6 is 0 Å². The van der Waals surface area contributed by atoms with Gasteiger partial charge >= 0.3 is 0 Å². The van der Waals surface area contributed by atoms with Gasteiger partial charge in [-0.15, -0.1) is 0 Å². The summed E-state index contributed by atoms with van der Waals surface area (Å²) < 4.78 is 5.41. The molecule has 0 amide bonds. The molecule has 0 aromatic carbocycles. The molecule has 2 aromatic rings. The average Bonchev–Trinajstić information content (AvgIpc) is 2.75. The summed E-state index contributed by atoms with van der Waals surface area (Å²) in [7, 11) is 0. The summed E-state index contributed by atoms with van der Waals surface area (Å²) >= 11 is 0. The lowest BCUT2D eigenvalue weighted by atomic mass is 10.2. The molecule has 4 rings (SSSR count). The van der Waals surface area contributed by atoms with E-state index in [0.29, 0.717) is 5.56 Å². The van der Waals surface area contributed by atoms with Crippen molar-refractivity contribution in [3.63, 3.8) is 0 Å². The van der Waals surface area contributed by atoms with E-state index < -0.39 is 0 Å². The molecule has 0 radical (unpaired) electrons. The number of pyridine rings is 1. The predicted molar refractivity (Wildman–Crippen MR) is 98.4 cm³/mol. The predicted octanol–water partition coefficient (Wildman–Crippen LogP) is 0.906. The van der Waals surface area contributed by atoms with Gasteiger partial charge in [-0.1, -0.05) is 0 Å². The molecule has 0 unspecified atom stereocenters. The molecule has 4 heterocycles. The Kier molecular flexibility index (Phi) is 4.80. The van der Waals surface area contributed by atoms with Crippen molar-refractivity contribution in [2.24, 2.45) is 0 Å². The normalized spacial score (nSPS) is 17.9. The first-order valence-corrected chi connectivity index (χ1v) is 8.85. The Bertz CT molecular complexity index is 792. The van der Waals surface area contributed by atoms with Crippen molar-refractivity contribution < 1.29 is 4.74 Å². The number of aromatic nitrogens is 3. The zero-order valence-corrected chi connectivity index (χ0v) is 14.6. The second kappa shape index (κ2) is 7.54. The summed E-state index contributed by atoms with van der Waals surface area (Å²) in [4.78, 5) is 20.2. The van der Waals surface area contributed by atoms with Crippen molar-refractivity contribution in [3.8, 4) is 6.07 Å². The molecule has 0 bridgehead atoms. The van der Waals surface area contributed by atoms with E-state index in [9.17, 15) is 0 Å². The molecule has 0 N–H and O–H groups in total. The number of anilines is 3. The minimum Gasteiger partial charge on any atom is -0.378 e. The number of nitrogens with zero attached hydrogens (tertiary/aromatic N) is 7. The molecule has 2 aromatic heterocycles. The quantitative estimate of drug-likeness (QED) is 0.807. The van der Waals surface area contributed by atoms with Crippen LogP contribution in [0.25, 0.3) is 0 Å². The first kappa shape index (κ1) is 16.5. The van der Waals surface area contributed by atoms with Gasteiger partial charge in [-0.05, 0) is 18.2 Å². The standard InChI is InChI=1S/C18H21N7O/c19-14-15-1-3-20-17(13-15)23-5-7-25(8-6-23)18-21-4-2-16(22-18)24-9-11-26-12-10-24/h1-4,13H,5-12H2. The SMILES string of the molecule is N#Cc1ccnc(N2CCN(c3nccc(N4CCOCC4)n3)CC2)c1. The van der Waals surface area contributed by atoms with Crippen molar-refractivity contribution in [3.05, 3.63) is 36.2 Å². The maximum Gasteiger partial charge on any atom is 0.227 e. The fourth-order valence-corrected chi connectivity index (χ4v) is 3.26. The number of piperazine rings is 1. The lowest BCUT2D eigenvalue weighted by Gasteiger charge is -2.36. The van der Waals surface area contributed by atoms with E-state index >= 15 is 0 Å². The number of nitriles is 1. The van der Waals surface area contributed by atoms with E-state index in [1.807, 2.05) is 18.3 Å². The molecule has 0 atom stereocenters. The van der Waals surface area contributed by atoms with Gasteiger partial charge < -0.3 is 19.4 Å². The number of ether oxygens (including phenoxy) is 1. The van der Waals surface area contributed by atoms with Crippen LogP contribution in [-0.2, 0) is 4.74 Å². The minimum absolute atomic E-state index is 0.638. The van der Waals surface area contributed by atoms with Crippen LogP contribution in [0.2, 0.25) is 0 Å². The van der Waals surface area contributed by atoms with Crippen molar-refractivity contribution in [1.82, 2.24) is 15.0 Å². The molecule has 8 nitrogen and oxygen atoms in total. The van der Waals surface area contributed by atoms with Gasteiger partial charge in [0.05, 0.1) is 24.8 Å². The maximum absolute atomic E-state index is 9.05. The third kappa shape index (κ3) is 3.53. The van der Waals surface area contributed by atoms with Crippen LogP contribution < -0.4 is 14.7 Å². The molecule has 2 aliphatic rings. The lowest BCUT2D eigenvalue weighted by Crippen LogP contribution is -2.47. The number of hydrogen-bond acceptors (Lipinski definition) is 8. The molecular formula is C18H21N7O. The minimum atomic E-state index is 0.638. The Hall–Kier alpha value is -2.92. The third-order valence-electron chi connectivity index (χ3n) is 4.72. The highest BCUT2D eigenvalue weighted by atomic mass is 16.5. The van der Waals surface area contributed by atoms with Crippen LogP contribution in [0, 0.1) is 11.3 Å². The summed E-state index contributed by atoms with van der Waals surface area (Å²) in [5.74, 6) is 2.59. The molecule has 2 fully saturated rings. The summed E-state index contributed by atoms with van der Waals surface area (Å²) in [6.07, 6.45) is 3.52. The Morgan fingerprint density at radius 3 is 2.31 bits per heavy atom. The van der Waals surface area contributed by atoms with E-state index in [4.69, 9.17) is 15.0 Å².